The van der Waals surface area contributed by atoms with Crippen molar-refractivity contribution >= 4 is 21.8 Å². The first kappa shape index (κ1) is 10.3. The summed E-state index contributed by atoms with van der Waals surface area (Å²) in [6.45, 7) is 4.00. The van der Waals surface area contributed by atoms with Gasteiger partial charge in [0.05, 0.1) is 6.42 Å². The van der Waals surface area contributed by atoms with E-state index in [0.717, 1.165) is 21.2 Å². The Morgan fingerprint density at radius 3 is 2.23 bits per heavy atom. The van der Waals surface area contributed by atoms with Gasteiger partial charge in [-0.2, -0.15) is 0 Å². The number of carbonyl (C=O) groups excluding carboxylic acids is 1. The second-order valence-corrected chi connectivity index (χ2v) is 3.98. The molecule has 70 valence electrons. The van der Waals surface area contributed by atoms with Gasteiger partial charge in [0.15, 0.2) is 0 Å². The van der Waals surface area contributed by atoms with E-state index in [2.05, 4.69) is 15.9 Å². The van der Waals surface area contributed by atoms with Gasteiger partial charge >= 0.3 is 0 Å². The summed E-state index contributed by atoms with van der Waals surface area (Å²) in [5, 5.41) is 0. The highest BCUT2D eigenvalue weighted by atomic mass is 79.9. The molecule has 0 radical (unpaired) electrons. The zero-order valence-electron chi connectivity index (χ0n) is 7.73. The van der Waals surface area contributed by atoms with Crippen LogP contribution >= 0.6 is 15.9 Å². The normalized spacial score (nSPS) is 10.1. The Bertz CT molecular complexity index is 324. The SMILES string of the molecule is Cc1cc(CC(N)=O)cc(C)c1Br. The van der Waals surface area contributed by atoms with E-state index in [9.17, 15) is 4.79 Å². The van der Waals surface area contributed by atoms with Crippen molar-refractivity contribution in [3.05, 3.63) is 33.3 Å². The monoisotopic (exact) mass is 241 g/mol. The van der Waals surface area contributed by atoms with Gasteiger partial charge in [-0.3, -0.25) is 4.79 Å². The van der Waals surface area contributed by atoms with Crippen LogP contribution in [0.25, 0.3) is 0 Å². The topological polar surface area (TPSA) is 43.1 Å². The Hall–Kier alpha value is -0.830. The van der Waals surface area contributed by atoms with E-state index in [1.165, 1.54) is 0 Å². The summed E-state index contributed by atoms with van der Waals surface area (Å²) >= 11 is 3.46. The molecule has 0 atom stereocenters. The van der Waals surface area contributed by atoms with Gasteiger partial charge in [0.25, 0.3) is 0 Å². The molecular weight excluding hydrogens is 230 g/mol. The predicted molar refractivity (Wildman–Crippen MR) is 56.5 cm³/mol. The van der Waals surface area contributed by atoms with Gasteiger partial charge in [-0.25, -0.2) is 0 Å². The van der Waals surface area contributed by atoms with E-state index in [0.29, 0.717) is 6.42 Å². The van der Waals surface area contributed by atoms with Gasteiger partial charge < -0.3 is 5.73 Å². The number of hydrogen-bond donors (Lipinski definition) is 1. The van der Waals surface area contributed by atoms with E-state index in [1.54, 1.807) is 0 Å². The van der Waals surface area contributed by atoms with Crippen molar-refractivity contribution in [2.75, 3.05) is 0 Å². The standard InChI is InChI=1S/C10H12BrNO/c1-6-3-8(5-9(12)13)4-7(2)10(6)11/h3-4H,5H2,1-2H3,(H2,12,13). The molecule has 2 N–H and O–H groups in total. The Morgan fingerprint density at radius 2 is 1.85 bits per heavy atom. The zero-order valence-corrected chi connectivity index (χ0v) is 9.31. The van der Waals surface area contributed by atoms with Crippen LogP contribution < -0.4 is 5.73 Å². The maximum atomic E-state index is 10.7. The summed E-state index contributed by atoms with van der Waals surface area (Å²) in [7, 11) is 0. The Labute approximate surface area is 86.3 Å². The summed E-state index contributed by atoms with van der Waals surface area (Å²) < 4.78 is 1.10. The number of carbonyl (C=O) groups is 1. The van der Waals surface area contributed by atoms with Crippen LogP contribution in [0.5, 0.6) is 0 Å². The van der Waals surface area contributed by atoms with E-state index in [4.69, 9.17) is 5.73 Å². The molecule has 0 aliphatic carbocycles. The van der Waals surface area contributed by atoms with Crippen molar-refractivity contribution in [3.63, 3.8) is 0 Å². The number of hydrogen-bond acceptors (Lipinski definition) is 1. The molecule has 3 heteroatoms. The fourth-order valence-corrected chi connectivity index (χ4v) is 1.57. The first-order valence-electron chi connectivity index (χ1n) is 4.04. The Morgan fingerprint density at radius 1 is 1.38 bits per heavy atom. The van der Waals surface area contributed by atoms with Gasteiger partial charge in [0, 0.05) is 4.47 Å². The molecule has 0 unspecified atom stereocenters. The van der Waals surface area contributed by atoms with Gasteiger partial charge in [0.1, 0.15) is 0 Å². The minimum absolute atomic E-state index is 0.291. The number of rotatable bonds is 2. The maximum Gasteiger partial charge on any atom is 0.221 e. The van der Waals surface area contributed by atoms with E-state index < -0.39 is 0 Å². The average molecular weight is 242 g/mol. The molecule has 1 aromatic rings. The quantitative estimate of drug-likeness (QED) is 0.847. The molecule has 0 aliphatic heterocycles. The number of primary amides is 1. The fourth-order valence-electron chi connectivity index (χ4n) is 1.34. The van der Waals surface area contributed by atoms with Crippen LogP contribution in [0, 0.1) is 13.8 Å². The van der Waals surface area contributed by atoms with Crippen molar-refractivity contribution in [2.24, 2.45) is 5.73 Å². The number of aryl methyl sites for hydroxylation is 2. The zero-order chi connectivity index (χ0) is 10.0. The van der Waals surface area contributed by atoms with Gasteiger partial charge in [-0.15, -0.1) is 0 Å². The molecule has 0 saturated heterocycles. The van der Waals surface area contributed by atoms with Gasteiger partial charge in [-0.1, -0.05) is 28.1 Å². The number of amides is 1. The Kier molecular flexibility index (Phi) is 3.09. The van der Waals surface area contributed by atoms with Gasteiger partial charge in [0.2, 0.25) is 5.91 Å². The lowest BCUT2D eigenvalue weighted by molar-refractivity contribution is -0.117. The summed E-state index contributed by atoms with van der Waals surface area (Å²) in [5.74, 6) is -0.291. The minimum atomic E-state index is -0.291. The first-order chi connectivity index (χ1) is 6.00. The molecule has 0 bridgehead atoms. The van der Waals surface area contributed by atoms with Crippen molar-refractivity contribution < 1.29 is 4.79 Å². The molecule has 0 aliphatic rings. The highest BCUT2D eigenvalue weighted by Crippen LogP contribution is 2.22. The van der Waals surface area contributed by atoms with Crippen LogP contribution in [0.3, 0.4) is 0 Å². The molecule has 0 fully saturated rings. The lowest BCUT2D eigenvalue weighted by Crippen LogP contribution is -2.13. The smallest absolute Gasteiger partial charge is 0.221 e. The molecule has 0 spiro atoms. The number of halogens is 1. The first-order valence-corrected chi connectivity index (χ1v) is 4.84. The second-order valence-electron chi connectivity index (χ2n) is 3.19. The number of benzene rings is 1. The van der Waals surface area contributed by atoms with E-state index >= 15 is 0 Å². The summed E-state index contributed by atoms with van der Waals surface area (Å²) in [4.78, 5) is 10.7. The molecular formula is C10H12BrNO. The van der Waals surface area contributed by atoms with Crippen molar-refractivity contribution in [1.29, 1.82) is 0 Å². The largest absolute Gasteiger partial charge is 0.369 e. The highest BCUT2D eigenvalue weighted by molar-refractivity contribution is 9.10. The minimum Gasteiger partial charge on any atom is -0.369 e. The molecule has 0 aromatic heterocycles. The van der Waals surface area contributed by atoms with Crippen LogP contribution in [-0.4, -0.2) is 5.91 Å². The molecule has 1 rings (SSSR count). The fraction of sp³-hybridized carbons (Fsp3) is 0.300. The Balaban J connectivity index is 3.06. The molecule has 1 amide bonds. The lowest BCUT2D eigenvalue weighted by atomic mass is 10.1. The van der Waals surface area contributed by atoms with E-state index in [1.807, 2.05) is 26.0 Å². The third-order valence-corrected chi connectivity index (χ3v) is 3.13. The molecule has 1 aromatic carbocycles. The second kappa shape index (κ2) is 3.92. The van der Waals surface area contributed by atoms with Crippen molar-refractivity contribution in [2.45, 2.75) is 20.3 Å². The van der Waals surface area contributed by atoms with Gasteiger partial charge in [-0.05, 0) is 30.5 Å². The van der Waals surface area contributed by atoms with E-state index in [-0.39, 0.29) is 5.91 Å². The van der Waals surface area contributed by atoms with Crippen LogP contribution in [-0.2, 0) is 11.2 Å². The van der Waals surface area contributed by atoms with Crippen LogP contribution in [0.1, 0.15) is 16.7 Å². The summed E-state index contributed by atoms with van der Waals surface area (Å²) in [6.07, 6.45) is 0.314. The summed E-state index contributed by atoms with van der Waals surface area (Å²) in [5.41, 5.74) is 8.36. The van der Waals surface area contributed by atoms with Crippen molar-refractivity contribution in [3.8, 4) is 0 Å². The summed E-state index contributed by atoms with van der Waals surface area (Å²) in [6, 6.07) is 3.95. The maximum absolute atomic E-state index is 10.7. The van der Waals surface area contributed by atoms with Crippen LogP contribution in [0.4, 0.5) is 0 Å². The molecule has 13 heavy (non-hydrogen) atoms. The lowest BCUT2D eigenvalue weighted by Gasteiger charge is -2.06. The third-order valence-electron chi connectivity index (χ3n) is 1.87. The molecule has 0 saturated carbocycles. The van der Waals surface area contributed by atoms with Crippen LogP contribution in [0.15, 0.2) is 16.6 Å². The number of nitrogens with two attached hydrogens (primary N) is 1. The molecule has 2 nitrogen and oxygen atoms in total. The molecule has 0 heterocycles. The average Bonchev–Trinajstić information content (AvgIpc) is 1.98. The van der Waals surface area contributed by atoms with Crippen molar-refractivity contribution in [1.82, 2.24) is 0 Å². The predicted octanol–water partition coefficient (Wildman–Crippen LogP) is 2.09. The third kappa shape index (κ3) is 2.56. The van der Waals surface area contributed by atoms with Crippen LogP contribution in [0.2, 0.25) is 0 Å². The highest BCUT2D eigenvalue weighted by Gasteiger charge is 2.04.